The minimum atomic E-state index is -3.05. The summed E-state index contributed by atoms with van der Waals surface area (Å²) in [6.07, 6.45) is 1.47. The SMILES string of the molecule is CC(CC(=N)c1ccccc1)S(C)(=O)=O. The average Bonchev–Trinajstić information content (AvgIpc) is 2.17. The number of hydrogen-bond acceptors (Lipinski definition) is 3. The van der Waals surface area contributed by atoms with Crippen molar-refractivity contribution in [1.82, 2.24) is 0 Å². The minimum Gasteiger partial charge on any atom is -0.305 e. The molecule has 0 fully saturated rings. The Kier molecular flexibility index (Phi) is 3.63. The van der Waals surface area contributed by atoms with Crippen LogP contribution in [0.1, 0.15) is 18.9 Å². The molecule has 0 aliphatic carbocycles. The summed E-state index contributed by atoms with van der Waals surface area (Å²) in [5.74, 6) is 0. The summed E-state index contributed by atoms with van der Waals surface area (Å²) in [7, 11) is -3.05. The predicted octanol–water partition coefficient (Wildman–Crippen LogP) is 1.88. The Morgan fingerprint density at radius 3 is 2.33 bits per heavy atom. The molecule has 1 N–H and O–H groups in total. The van der Waals surface area contributed by atoms with Crippen LogP contribution in [0.2, 0.25) is 0 Å². The molecule has 4 heteroatoms. The van der Waals surface area contributed by atoms with Crippen LogP contribution >= 0.6 is 0 Å². The molecular formula is C11H15NO2S. The first-order valence-electron chi connectivity index (χ1n) is 4.73. The molecule has 1 aromatic rings. The van der Waals surface area contributed by atoms with Gasteiger partial charge in [-0.2, -0.15) is 0 Å². The lowest BCUT2D eigenvalue weighted by Gasteiger charge is -2.10. The Morgan fingerprint density at radius 2 is 1.87 bits per heavy atom. The van der Waals surface area contributed by atoms with Gasteiger partial charge in [0.15, 0.2) is 0 Å². The smallest absolute Gasteiger partial charge is 0.150 e. The zero-order chi connectivity index (χ0) is 11.5. The number of benzene rings is 1. The van der Waals surface area contributed by atoms with Crippen molar-refractivity contribution < 1.29 is 8.42 Å². The first kappa shape index (κ1) is 11.9. The van der Waals surface area contributed by atoms with Gasteiger partial charge in [-0.1, -0.05) is 30.3 Å². The average molecular weight is 225 g/mol. The van der Waals surface area contributed by atoms with Crippen LogP contribution in [0.25, 0.3) is 0 Å². The number of nitrogens with one attached hydrogen (secondary N) is 1. The molecule has 0 heterocycles. The van der Waals surface area contributed by atoms with Gasteiger partial charge in [0, 0.05) is 18.4 Å². The lowest BCUT2D eigenvalue weighted by atomic mass is 10.1. The minimum absolute atomic E-state index is 0.267. The van der Waals surface area contributed by atoms with E-state index in [4.69, 9.17) is 5.41 Å². The first-order valence-corrected chi connectivity index (χ1v) is 6.68. The van der Waals surface area contributed by atoms with Crippen molar-refractivity contribution in [3.63, 3.8) is 0 Å². The lowest BCUT2D eigenvalue weighted by Crippen LogP contribution is -2.20. The van der Waals surface area contributed by atoms with Crippen molar-refractivity contribution in [3.8, 4) is 0 Å². The number of sulfone groups is 1. The molecule has 15 heavy (non-hydrogen) atoms. The highest BCUT2D eigenvalue weighted by atomic mass is 32.2. The molecule has 1 atom stereocenters. The molecule has 1 rings (SSSR count). The van der Waals surface area contributed by atoms with E-state index in [-0.39, 0.29) is 6.42 Å². The maximum Gasteiger partial charge on any atom is 0.150 e. The molecule has 0 aliphatic rings. The lowest BCUT2D eigenvalue weighted by molar-refractivity contribution is 0.591. The van der Waals surface area contributed by atoms with E-state index in [0.29, 0.717) is 5.71 Å². The van der Waals surface area contributed by atoms with E-state index in [9.17, 15) is 8.42 Å². The van der Waals surface area contributed by atoms with Crippen molar-refractivity contribution in [2.24, 2.45) is 0 Å². The topological polar surface area (TPSA) is 58.0 Å². The molecule has 0 saturated carbocycles. The van der Waals surface area contributed by atoms with Crippen LogP contribution in [0.15, 0.2) is 30.3 Å². The number of hydrogen-bond donors (Lipinski definition) is 1. The second-order valence-electron chi connectivity index (χ2n) is 3.69. The normalized spacial score (nSPS) is 13.5. The summed E-state index contributed by atoms with van der Waals surface area (Å²) in [5, 5.41) is 7.28. The van der Waals surface area contributed by atoms with Crippen molar-refractivity contribution >= 4 is 15.5 Å². The Bertz CT molecular complexity index is 437. The maximum atomic E-state index is 11.2. The molecule has 0 amide bonds. The molecule has 0 saturated heterocycles. The zero-order valence-electron chi connectivity index (χ0n) is 8.90. The van der Waals surface area contributed by atoms with Crippen LogP contribution in [0, 0.1) is 5.41 Å². The van der Waals surface area contributed by atoms with Crippen LogP contribution in [0.3, 0.4) is 0 Å². The van der Waals surface area contributed by atoms with Crippen molar-refractivity contribution in [2.45, 2.75) is 18.6 Å². The van der Waals surface area contributed by atoms with E-state index in [1.165, 1.54) is 6.26 Å². The van der Waals surface area contributed by atoms with Gasteiger partial charge >= 0.3 is 0 Å². The van der Waals surface area contributed by atoms with Crippen LogP contribution < -0.4 is 0 Å². The third-order valence-corrected chi connectivity index (χ3v) is 3.97. The van der Waals surface area contributed by atoms with Crippen LogP contribution in [-0.4, -0.2) is 25.6 Å². The van der Waals surface area contributed by atoms with Gasteiger partial charge in [0.2, 0.25) is 0 Å². The summed E-state index contributed by atoms with van der Waals surface area (Å²) < 4.78 is 22.4. The van der Waals surface area contributed by atoms with Gasteiger partial charge in [-0.15, -0.1) is 0 Å². The van der Waals surface area contributed by atoms with Gasteiger partial charge in [0.05, 0.1) is 5.25 Å². The highest BCUT2D eigenvalue weighted by molar-refractivity contribution is 7.91. The molecule has 82 valence electrons. The summed E-state index contributed by atoms with van der Waals surface area (Å²) >= 11 is 0. The molecule has 0 spiro atoms. The second kappa shape index (κ2) is 4.57. The third kappa shape index (κ3) is 3.47. The highest BCUT2D eigenvalue weighted by Gasteiger charge is 2.17. The first-order chi connectivity index (χ1) is 6.91. The third-order valence-electron chi connectivity index (χ3n) is 2.34. The van der Waals surface area contributed by atoms with E-state index >= 15 is 0 Å². The van der Waals surface area contributed by atoms with Crippen LogP contribution in [0.5, 0.6) is 0 Å². The summed E-state index contributed by atoms with van der Waals surface area (Å²) in [4.78, 5) is 0. The molecule has 0 radical (unpaired) electrons. The molecular weight excluding hydrogens is 210 g/mol. The van der Waals surface area contributed by atoms with E-state index in [1.807, 2.05) is 30.3 Å². The monoisotopic (exact) mass is 225 g/mol. The Labute approximate surface area is 90.6 Å². The van der Waals surface area contributed by atoms with Gasteiger partial charge < -0.3 is 5.41 Å². The molecule has 1 unspecified atom stereocenters. The summed E-state index contributed by atoms with van der Waals surface area (Å²) in [5.41, 5.74) is 1.15. The van der Waals surface area contributed by atoms with Crippen molar-refractivity contribution in [3.05, 3.63) is 35.9 Å². The van der Waals surface area contributed by atoms with Crippen LogP contribution in [-0.2, 0) is 9.84 Å². The van der Waals surface area contributed by atoms with Crippen molar-refractivity contribution in [2.75, 3.05) is 6.26 Å². The zero-order valence-corrected chi connectivity index (χ0v) is 9.71. The molecule has 0 aliphatic heterocycles. The molecule has 0 bridgehead atoms. The predicted molar refractivity (Wildman–Crippen MR) is 62.2 cm³/mol. The standard InChI is InChI=1S/C11H15NO2S/c1-9(15(2,13)14)8-11(12)10-6-4-3-5-7-10/h3-7,9,12H,8H2,1-2H3. The Hall–Kier alpha value is -1.16. The fraction of sp³-hybridized carbons (Fsp3) is 0.364. The van der Waals surface area contributed by atoms with E-state index in [1.54, 1.807) is 6.92 Å². The second-order valence-corrected chi connectivity index (χ2v) is 6.15. The fourth-order valence-electron chi connectivity index (χ4n) is 1.20. The summed E-state index contributed by atoms with van der Waals surface area (Å²) in [6, 6.07) is 9.19. The van der Waals surface area contributed by atoms with E-state index in [0.717, 1.165) is 5.56 Å². The van der Waals surface area contributed by atoms with Gasteiger partial charge in [0.25, 0.3) is 0 Å². The molecule has 3 nitrogen and oxygen atoms in total. The quantitative estimate of drug-likeness (QED) is 0.795. The van der Waals surface area contributed by atoms with Gasteiger partial charge in [0.1, 0.15) is 9.84 Å². The van der Waals surface area contributed by atoms with Gasteiger partial charge in [-0.25, -0.2) is 8.42 Å². The fourth-order valence-corrected chi connectivity index (χ4v) is 1.67. The maximum absolute atomic E-state index is 11.2. The Morgan fingerprint density at radius 1 is 1.33 bits per heavy atom. The number of rotatable bonds is 4. The van der Waals surface area contributed by atoms with Crippen LogP contribution in [0.4, 0.5) is 0 Å². The highest BCUT2D eigenvalue weighted by Crippen LogP contribution is 2.09. The Balaban J connectivity index is 2.74. The van der Waals surface area contributed by atoms with Crippen molar-refractivity contribution in [1.29, 1.82) is 5.41 Å². The molecule has 1 aromatic carbocycles. The van der Waals surface area contributed by atoms with Gasteiger partial charge in [-0.3, -0.25) is 0 Å². The van der Waals surface area contributed by atoms with E-state index < -0.39 is 15.1 Å². The summed E-state index contributed by atoms with van der Waals surface area (Å²) in [6.45, 7) is 1.63. The largest absolute Gasteiger partial charge is 0.305 e. The molecule has 0 aromatic heterocycles. The van der Waals surface area contributed by atoms with E-state index in [2.05, 4.69) is 0 Å². The van der Waals surface area contributed by atoms with Gasteiger partial charge in [-0.05, 0) is 12.5 Å².